The Morgan fingerprint density at radius 1 is 1.19 bits per heavy atom. The Hall–Kier alpha value is -3.00. The van der Waals surface area contributed by atoms with Crippen LogP contribution in [-0.2, 0) is 0 Å². The fourth-order valence-corrected chi connectivity index (χ4v) is 4.14. The van der Waals surface area contributed by atoms with E-state index in [4.69, 9.17) is 0 Å². The number of fused-ring (bicyclic) bond motifs is 1. The average Bonchev–Trinajstić information content (AvgIpc) is 3.37. The van der Waals surface area contributed by atoms with E-state index in [0.29, 0.717) is 29.5 Å². The number of anilines is 1. The zero-order valence-corrected chi connectivity index (χ0v) is 17.6. The summed E-state index contributed by atoms with van der Waals surface area (Å²) in [5.74, 6) is 0.577. The number of aromatic nitrogens is 3. The zero-order valence-electron chi connectivity index (χ0n) is 17.6. The van der Waals surface area contributed by atoms with Crippen molar-refractivity contribution in [2.24, 2.45) is 5.92 Å². The maximum atomic E-state index is 14.8. The molecule has 1 saturated carbocycles. The molecule has 2 aromatic heterocycles. The van der Waals surface area contributed by atoms with Gasteiger partial charge in [0.1, 0.15) is 11.6 Å². The molecule has 1 saturated heterocycles. The van der Waals surface area contributed by atoms with E-state index >= 15 is 0 Å². The van der Waals surface area contributed by atoms with Crippen molar-refractivity contribution >= 4 is 17.4 Å². The largest absolute Gasteiger partial charge is 0.368 e. The van der Waals surface area contributed by atoms with Crippen molar-refractivity contribution < 1.29 is 9.18 Å². The third-order valence-corrected chi connectivity index (χ3v) is 6.31. The molecular weight excluding hydrogens is 395 g/mol. The van der Waals surface area contributed by atoms with Crippen molar-refractivity contribution in [3.63, 3.8) is 0 Å². The third-order valence-electron chi connectivity index (χ3n) is 6.31. The molecule has 3 aromatic rings. The molecule has 3 heterocycles. The van der Waals surface area contributed by atoms with Crippen molar-refractivity contribution in [3.8, 4) is 11.3 Å². The van der Waals surface area contributed by atoms with Gasteiger partial charge in [-0.25, -0.2) is 13.9 Å². The van der Waals surface area contributed by atoms with Gasteiger partial charge in [-0.05, 0) is 69.5 Å². The fraction of sp³-hybridized carbons (Fsp3) is 0.435. The molecule has 0 unspecified atom stereocenters. The number of rotatable bonds is 7. The van der Waals surface area contributed by atoms with Crippen LogP contribution in [0.5, 0.6) is 0 Å². The number of nitrogens with one attached hydrogen (secondary N) is 2. The molecule has 31 heavy (non-hydrogen) atoms. The molecule has 1 atom stereocenters. The summed E-state index contributed by atoms with van der Waals surface area (Å²) < 4.78 is 16.5. The minimum Gasteiger partial charge on any atom is -0.368 e. The highest BCUT2D eigenvalue weighted by atomic mass is 19.1. The van der Waals surface area contributed by atoms with Crippen LogP contribution in [0.15, 0.2) is 36.5 Å². The highest BCUT2D eigenvalue weighted by Crippen LogP contribution is 2.29. The van der Waals surface area contributed by atoms with Gasteiger partial charge >= 0.3 is 0 Å². The van der Waals surface area contributed by atoms with Gasteiger partial charge in [0.05, 0.1) is 17.5 Å². The Balaban J connectivity index is 1.33. The fourth-order valence-electron chi connectivity index (χ4n) is 4.14. The number of carbonyl (C=O) groups excluding carboxylic acids is 1. The molecule has 1 aromatic carbocycles. The lowest BCUT2D eigenvalue weighted by atomic mass is 10.1. The van der Waals surface area contributed by atoms with Crippen LogP contribution in [0.3, 0.4) is 0 Å². The second-order valence-corrected chi connectivity index (χ2v) is 8.64. The average molecular weight is 423 g/mol. The molecular formula is C23H27FN6O. The van der Waals surface area contributed by atoms with Gasteiger partial charge in [0.15, 0.2) is 5.65 Å². The number of nitrogens with zero attached hydrogens (tertiary/aromatic N) is 4. The normalized spacial score (nSPS) is 19.1. The van der Waals surface area contributed by atoms with E-state index in [2.05, 4.69) is 32.7 Å². The number of hydrogen-bond acceptors (Lipinski definition) is 5. The van der Waals surface area contributed by atoms with Gasteiger partial charge in [-0.2, -0.15) is 0 Å². The first-order valence-electron chi connectivity index (χ1n) is 11.0. The van der Waals surface area contributed by atoms with Crippen LogP contribution in [0, 0.1) is 11.7 Å². The number of imidazole rings is 1. The number of halogens is 1. The maximum absolute atomic E-state index is 14.8. The van der Waals surface area contributed by atoms with Gasteiger partial charge in [0.2, 0.25) is 0 Å². The van der Waals surface area contributed by atoms with Crippen molar-refractivity contribution in [2.75, 3.05) is 32.0 Å². The number of benzene rings is 1. The Morgan fingerprint density at radius 3 is 2.81 bits per heavy atom. The van der Waals surface area contributed by atoms with Gasteiger partial charge in [-0.3, -0.25) is 4.79 Å². The van der Waals surface area contributed by atoms with Crippen LogP contribution >= 0.6 is 0 Å². The number of hydrogen-bond donors (Lipinski definition) is 2. The first kappa shape index (κ1) is 19.9. The van der Waals surface area contributed by atoms with E-state index in [1.54, 1.807) is 16.8 Å². The quantitative estimate of drug-likeness (QED) is 0.612. The second kappa shape index (κ2) is 8.26. The number of likely N-dealkylation sites (N-methyl/N-ethyl adjacent to an activating group) is 1. The van der Waals surface area contributed by atoms with Crippen LogP contribution in [0.1, 0.15) is 36.0 Å². The van der Waals surface area contributed by atoms with Crippen LogP contribution < -0.4 is 10.6 Å². The molecule has 1 aliphatic carbocycles. The summed E-state index contributed by atoms with van der Waals surface area (Å²) in [6.45, 7) is 2.48. The van der Waals surface area contributed by atoms with E-state index in [-0.39, 0.29) is 11.5 Å². The van der Waals surface area contributed by atoms with Crippen LogP contribution in [-0.4, -0.2) is 58.1 Å². The Morgan fingerprint density at radius 2 is 2.06 bits per heavy atom. The molecule has 0 bridgehead atoms. The van der Waals surface area contributed by atoms with Crippen LogP contribution in [0.4, 0.5) is 10.2 Å². The SMILES string of the molecule is CN1CCC[C@H]1CNC(=O)c1ccc(-c2cnc3ccc(NCC4CC4)nn23)cc1F. The van der Waals surface area contributed by atoms with Gasteiger partial charge in [0.25, 0.3) is 5.91 Å². The van der Waals surface area contributed by atoms with Gasteiger partial charge < -0.3 is 15.5 Å². The van der Waals surface area contributed by atoms with Crippen LogP contribution in [0.2, 0.25) is 0 Å². The molecule has 8 heteroatoms. The summed E-state index contributed by atoms with van der Waals surface area (Å²) in [5, 5.41) is 10.8. The molecule has 2 aliphatic rings. The third kappa shape index (κ3) is 4.25. The molecule has 0 radical (unpaired) electrons. The van der Waals surface area contributed by atoms with E-state index < -0.39 is 5.82 Å². The standard InChI is InChI=1S/C23H27FN6O/c1-29-10-2-3-17(29)13-27-23(31)18-7-6-16(11-19(18)24)20-14-26-22-9-8-21(28-30(20)22)25-12-15-4-5-15/h6-9,11,14-15,17H,2-5,10,12-13H2,1H3,(H,25,28)(H,27,31)/t17-/m0/s1. The molecule has 0 spiro atoms. The summed E-state index contributed by atoms with van der Waals surface area (Å²) in [6.07, 6.45) is 6.39. The number of carbonyl (C=O) groups is 1. The van der Waals surface area contributed by atoms with Gasteiger partial charge in [-0.15, -0.1) is 5.10 Å². The lowest BCUT2D eigenvalue weighted by Crippen LogP contribution is -2.38. The number of likely N-dealkylation sites (tertiary alicyclic amines) is 1. The molecule has 1 amide bonds. The van der Waals surface area contributed by atoms with Crippen LogP contribution in [0.25, 0.3) is 16.9 Å². The molecule has 162 valence electrons. The first-order chi connectivity index (χ1) is 15.1. The topological polar surface area (TPSA) is 74.6 Å². The van der Waals surface area contributed by atoms with Gasteiger partial charge in [0, 0.05) is 24.7 Å². The molecule has 7 nitrogen and oxygen atoms in total. The lowest BCUT2D eigenvalue weighted by Gasteiger charge is -2.19. The molecule has 2 N–H and O–H groups in total. The number of amides is 1. The van der Waals surface area contributed by atoms with Gasteiger partial charge in [-0.1, -0.05) is 6.07 Å². The monoisotopic (exact) mass is 422 g/mol. The summed E-state index contributed by atoms with van der Waals surface area (Å²) >= 11 is 0. The van der Waals surface area contributed by atoms with E-state index in [9.17, 15) is 9.18 Å². The highest BCUT2D eigenvalue weighted by Gasteiger charge is 2.23. The van der Waals surface area contributed by atoms with E-state index in [0.717, 1.165) is 37.7 Å². The first-order valence-corrected chi connectivity index (χ1v) is 11.0. The molecule has 2 fully saturated rings. The predicted molar refractivity (Wildman–Crippen MR) is 118 cm³/mol. The van der Waals surface area contributed by atoms with Crippen molar-refractivity contribution in [1.29, 1.82) is 0 Å². The zero-order chi connectivity index (χ0) is 21.4. The Labute approximate surface area is 180 Å². The lowest BCUT2D eigenvalue weighted by molar-refractivity contribution is 0.0939. The Bertz CT molecular complexity index is 1110. The van der Waals surface area contributed by atoms with Crippen molar-refractivity contribution in [1.82, 2.24) is 24.8 Å². The molecule has 1 aliphatic heterocycles. The smallest absolute Gasteiger partial charge is 0.254 e. The highest BCUT2D eigenvalue weighted by molar-refractivity contribution is 5.95. The molecule has 5 rings (SSSR count). The minimum absolute atomic E-state index is 0.0537. The van der Waals surface area contributed by atoms with E-state index in [1.807, 2.05) is 12.1 Å². The minimum atomic E-state index is -0.548. The maximum Gasteiger partial charge on any atom is 0.254 e. The Kier molecular flexibility index (Phi) is 5.31. The summed E-state index contributed by atoms with van der Waals surface area (Å²) in [7, 11) is 2.05. The predicted octanol–water partition coefficient (Wildman–Crippen LogP) is 3.18. The summed E-state index contributed by atoms with van der Waals surface area (Å²) in [5.41, 5.74) is 2.06. The second-order valence-electron chi connectivity index (χ2n) is 8.64. The summed E-state index contributed by atoms with van der Waals surface area (Å²) in [4.78, 5) is 19.1. The van der Waals surface area contributed by atoms with Crippen molar-refractivity contribution in [2.45, 2.75) is 31.7 Å². The van der Waals surface area contributed by atoms with Crippen molar-refractivity contribution in [3.05, 3.63) is 47.9 Å². The van der Waals surface area contributed by atoms with E-state index in [1.165, 1.54) is 25.0 Å². The summed E-state index contributed by atoms with van der Waals surface area (Å²) in [6, 6.07) is 8.78.